The fourth-order valence-electron chi connectivity index (χ4n) is 0.607. The third-order valence-electron chi connectivity index (χ3n) is 1.29. The zero-order chi connectivity index (χ0) is 11.0. The summed E-state index contributed by atoms with van der Waals surface area (Å²) >= 11 is 7.05. The molecule has 6 heteroatoms. The second kappa shape index (κ2) is 7.69. The van der Waals surface area contributed by atoms with E-state index in [-0.39, 0.29) is 0 Å². The van der Waals surface area contributed by atoms with Gasteiger partial charge in [-0.1, -0.05) is 18.3 Å². The minimum atomic E-state index is -1.92. The molecule has 1 unspecified atom stereocenters. The molecule has 0 radical (unpaired) electrons. The highest BCUT2D eigenvalue weighted by Gasteiger charge is 2.13. The average Bonchev–Trinajstić information content (AvgIpc) is 2.14. The average molecular weight is 254 g/mol. The summed E-state index contributed by atoms with van der Waals surface area (Å²) in [5.41, 5.74) is -1.92. The quantitative estimate of drug-likeness (QED) is 0.430. The summed E-state index contributed by atoms with van der Waals surface area (Å²) in [6.45, 7) is 6.17. The van der Waals surface area contributed by atoms with E-state index in [1.165, 1.54) is 0 Å². The standard InChI is InChI=1S/C8H19N2OPS2/c1-5-6-14-12(13,11-4)10-7-9-8(2)3/h7-8H,5-6H2,1-4H3,(H,9,10,13). The van der Waals surface area contributed by atoms with Gasteiger partial charge in [0, 0.05) is 18.9 Å². The number of aliphatic imine (C=N–C) groups is 1. The molecule has 0 aliphatic carbocycles. The predicted molar refractivity (Wildman–Crippen MR) is 70.8 cm³/mol. The topological polar surface area (TPSA) is 33.6 Å². The lowest BCUT2D eigenvalue weighted by Gasteiger charge is -2.18. The molecule has 0 spiro atoms. The summed E-state index contributed by atoms with van der Waals surface area (Å²) in [5.74, 6) is 1.02. The van der Waals surface area contributed by atoms with Crippen LogP contribution in [-0.2, 0) is 16.3 Å². The van der Waals surface area contributed by atoms with Crippen LogP contribution >= 0.6 is 17.0 Å². The van der Waals surface area contributed by atoms with Crippen molar-refractivity contribution < 1.29 is 4.52 Å². The van der Waals surface area contributed by atoms with Crippen molar-refractivity contribution in [2.75, 3.05) is 12.9 Å². The van der Waals surface area contributed by atoms with Gasteiger partial charge in [0.1, 0.15) is 0 Å². The maximum Gasteiger partial charge on any atom is 0.210 e. The van der Waals surface area contributed by atoms with E-state index in [1.54, 1.807) is 24.8 Å². The molecule has 0 saturated heterocycles. The van der Waals surface area contributed by atoms with Gasteiger partial charge in [0.25, 0.3) is 0 Å². The van der Waals surface area contributed by atoms with Crippen molar-refractivity contribution in [3.05, 3.63) is 0 Å². The van der Waals surface area contributed by atoms with Crippen molar-refractivity contribution >= 4 is 35.1 Å². The molecule has 0 saturated carbocycles. The molecular weight excluding hydrogens is 235 g/mol. The zero-order valence-electron chi connectivity index (χ0n) is 9.19. The Morgan fingerprint density at radius 2 is 2.29 bits per heavy atom. The van der Waals surface area contributed by atoms with E-state index >= 15 is 0 Å². The third-order valence-corrected chi connectivity index (χ3v) is 7.18. The summed E-state index contributed by atoms with van der Waals surface area (Å²) < 4.78 is 5.31. The van der Waals surface area contributed by atoms with Gasteiger partial charge in [-0.3, -0.25) is 4.99 Å². The van der Waals surface area contributed by atoms with Crippen LogP contribution in [0.5, 0.6) is 0 Å². The molecule has 0 rings (SSSR count). The van der Waals surface area contributed by atoms with Crippen LogP contribution in [0.1, 0.15) is 27.2 Å². The summed E-state index contributed by atoms with van der Waals surface area (Å²) in [5, 5.41) is 3.09. The van der Waals surface area contributed by atoms with Gasteiger partial charge in [-0.2, -0.15) is 0 Å². The fraction of sp³-hybridized carbons (Fsp3) is 0.875. The molecule has 0 bridgehead atoms. The minimum absolute atomic E-state index is 0.291. The Labute approximate surface area is 96.0 Å². The Bertz CT molecular complexity index is 221. The summed E-state index contributed by atoms with van der Waals surface area (Å²) in [6, 6.07) is 0.291. The van der Waals surface area contributed by atoms with Crippen LogP contribution in [0, 0.1) is 0 Å². The molecule has 0 heterocycles. The third kappa shape index (κ3) is 6.82. The summed E-state index contributed by atoms with van der Waals surface area (Å²) in [6.07, 6.45) is 2.78. The van der Waals surface area contributed by atoms with Crippen LogP contribution in [0.3, 0.4) is 0 Å². The molecule has 0 amide bonds. The number of hydrogen-bond acceptors (Lipinski definition) is 4. The van der Waals surface area contributed by atoms with E-state index in [0.717, 1.165) is 12.2 Å². The van der Waals surface area contributed by atoms with Crippen LogP contribution in [0.2, 0.25) is 0 Å². The molecule has 0 aromatic rings. The molecule has 0 aromatic carbocycles. The van der Waals surface area contributed by atoms with Gasteiger partial charge >= 0.3 is 0 Å². The first-order valence-corrected chi connectivity index (χ1v) is 8.95. The number of nitrogens with zero attached hydrogens (tertiary/aromatic N) is 1. The number of rotatable bonds is 7. The Morgan fingerprint density at radius 1 is 1.64 bits per heavy atom. The number of hydrogen-bond donors (Lipinski definition) is 1. The molecule has 3 nitrogen and oxygen atoms in total. The first-order valence-electron chi connectivity index (χ1n) is 4.64. The highest BCUT2D eigenvalue weighted by molar-refractivity contribution is 8.68. The van der Waals surface area contributed by atoms with Gasteiger partial charge in [-0.15, -0.1) is 0 Å². The van der Waals surface area contributed by atoms with Crippen molar-refractivity contribution in [2.24, 2.45) is 4.99 Å². The van der Waals surface area contributed by atoms with Crippen LogP contribution in [0.15, 0.2) is 4.99 Å². The normalized spacial score (nSPS) is 16.1. The predicted octanol–water partition coefficient (Wildman–Crippen LogP) is 3.03. The van der Waals surface area contributed by atoms with E-state index < -0.39 is 5.62 Å². The summed E-state index contributed by atoms with van der Waals surface area (Å²) in [4.78, 5) is 4.20. The van der Waals surface area contributed by atoms with Gasteiger partial charge in [0.2, 0.25) is 5.62 Å². The van der Waals surface area contributed by atoms with E-state index in [4.69, 9.17) is 16.3 Å². The van der Waals surface area contributed by atoms with E-state index in [1.807, 2.05) is 13.8 Å². The fourth-order valence-corrected chi connectivity index (χ4v) is 4.29. The first-order chi connectivity index (χ1) is 6.54. The Kier molecular flexibility index (Phi) is 7.92. The lowest BCUT2D eigenvalue weighted by Crippen LogP contribution is -2.08. The minimum Gasteiger partial charge on any atom is -0.330 e. The Morgan fingerprint density at radius 3 is 2.71 bits per heavy atom. The first kappa shape index (κ1) is 14.4. The smallest absolute Gasteiger partial charge is 0.210 e. The second-order valence-corrected chi connectivity index (χ2v) is 9.85. The molecule has 14 heavy (non-hydrogen) atoms. The molecule has 0 fully saturated rings. The van der Waals surface area contributed by atoms with Gasteiger partial charge < -0.3 is 9.61 Å². The highest BCUT2D eigenvalue weighted by Crippen LogP contribution is 2.55. The van der Waals surface area contributed by atoms with Crippen LogP contribution in [0.25, 0.3) is 0 Å². The molecule has 0 aromatic heterocycles. The zero-order valence-corrected chi connectivity index (χ0v) is 11.7. The second-order valence-electron chi connectivity index (χ2n) is 3.01. The van der Waals surface area contributed by atoms with Crippen LogP contribution in [0.4, 0.5) is 0 Å². The monoisotopic (exact) mass is 254 g/mol. The highest BCUT2D eigenvalue weighted by atomic mass is 32.9. The number of nitrogens with one attached hydrogen (secondary N) is 1. The lowest BCUT2D eigenvalue weighted by molar-refractivity contribution is 0.467. The lowest BCUT2D eigenvalue weighted by atomic mass is 10.4. The van der Waals surface area contributed by atoms with Gasteiger partial charge in [-0.05, 0) is 32.1 Å². The molecule has 1 atom stereocenters. The van der Waals surface area contributed by atoms with Gasteiger partial charge in [-0.25, -0.2) is 0 Å². The molecule has 0 aliphatic rings. The van der Waals surface area contributed by atoms with Crippen molar-refractivity contribution in [1.82, 2.24) is 5.09 Å². The Hall–Kier alpha value is 0.430. The van der Waals surface area contributed by atoms with E-state index in [0.29, 0.717) is 6.04 Å². The summed E-state index contributed by atoms with van der Waals surface area (Å²) in [7, 11) is 1.65. The largest absolute Gasteiger partial charge is 0.330 e. The molecule has 1 N–H and O–H groups in total. The van der Waals surface area contributed by atoms with Crippen LogP contribution in [-0.4, -0.2) is 25.2 Å². The van der Waals surface area contributed by atoms with Crippen molar-refractivity contribution in [1.29, 1.82) is 0 Å². The van der Waals surface area contributed by atoms with E-state index in [9.17, 15) is 0 Å². The Balaban J connectivity index is 4.05. The maximum atomic E-state index is 5.37. The van der Waals surface area contributed by atoms with E-state index in [2.05, 4.69) is 17.0 Å². The van der Waals surface area contributed by atoms with Crippen molar-refractivity contribution in [2.45, 2.75) is 33.2 Å². The molecule has 0 aliphatic heterocycles. The van der Waals surface area contributed by atoms with Gasteiger partial charge in [0.15, 0.2) is 0 Å². The van der Waals surface area contributed by atoms with Gasteiger partial charge in [0.05, 0.1) is 6.34 Å². The SMILES string of the molecule is CCCSP(=S)(NC=NC(C)C)OC. The molecule has 84 valence electrons. The maximum absolute atomic E-state index is 5.37. The molecular formula is C8H19N2OPS2. The van der Waals surface area contributed by atoms with Crippen LogP contribution < -0.4 is 5.09 Å². The van der Waals surface area contributed by atoms with Crippen molar-refractivity contribution in [3.8, 4) is 0 Å². The van der Waals surface area contributed by atoms with Crippen molar-refractivity contribution in [3.63, 3.8) is 0 Å².